The second kappa shape index (κ2) is 2.68. The zero-order chi connectivity index (χ0) is 9.92. The summed E-state index contributed by atoms with van der Waals surface area (Å²) in [6.07, 6.45) is -1.93. The molecule has 5 atom stereocenters. The molecule has 0 aromatic rings. The molecule has 0 amide bonds. The molecule has 5 nitrogen and oxygen atoms in total. The van der Waals surface area contributed by atoms with Crippen LogP contribution in [0.4, 0.5) is 0 Å². The molecule has 1 N–H and O–H groups in total. The second-order valence-corrected chi connectivity index (χ2v) is 4.43. The number of ether oxygens (including phenoxy) is 4. The van der Waals surface area contributed by atoms with E-state index < -0.39 is 18.2 Å². The van der Waals surface area contributed by atoms with E-state index in [-0.39, 0.29) is 18.3 Å². The first-order valence-electron chi connectivity index (χ1n) is 4.88. The third kappa shape index (κ3) is 1.14. The lowest BCUT2D eigenvalue weighted by atomic mass is 10.0. The van der Waals surface area contributed by atoms with Crippen LogP contribution in [0.5, 0.6) is 0 Å². The maximum absolute atomic E-state index is 9.84. The van der Waals surface area contributed by atoms with Gasteiger partial charge in [0.25, 0.3) is 0 Å². The first-order chi connectivity index (χ1) is 6.57. The highest BCUT2D eigenvalue weighted by Gasteiger charge is 2.57. The highest BCUT2D eigenvalue weighted by atomic mass is 16.8. The van der Waals surface area contributed by atoms with Crippen molar-refractivity contribution in [3.8, 4) is 0 Å². The first-order valence-corrected chi connectivity index (χ1v) is 4.88. The maximum atomic E-state index is 9.84. The zero-order valence-electron chi connectivity index (χ0n) is 8.17. The lowest BCUT2D eigenvalue weighted by Gasteiger charge is -2.31. The lowest BCUT2D eigenvalue weighted by Crippen LogP contribution is -2.52. The van der Waals surface area contributed by atoms with Crippen LogP contribution in [0.1, 0.15) is 13.8 Å². The van der Waals surface area contributed by atoms with Crippen LogP contribution < -0.4 is 0 Å². The van der Waals surface area contributed by atoms with Crippen molar-refractivity contribution in [1.82, 2.24) is 0 Å². The lowest BCUT2D eigenvalue weighted by molar-refractivity contribution is -0.204. The number of fused-ring (bicyclic) bond motifs is 4. The summed E-state index contributed by atoms with van der Waals surface area (Å²) < 4.78 is 22.0. The van der Waals surface area contributed by atoms with Gasteiger partial charge in [-0.3, -0.25) is 0 Å². The number of rotatable bonds is 0. The Morgan fingerprint density at radius 3 is 2.71 bits per heavy atom. The number of hydrogen-bond acceptors (Lipinski definition) is 5. The van der Waals surface area contributed by atoms with Crippen molar-refractivity contribution in [2.45, 2.75) is 50.3 Å². The van der Waals surface area contributed by atoms with Gasteiger partial charge in [-0.05, 0) is 13.8 Å². The quantitative estimate of drug-likeness (QED) is 0.580. The second-order valence-electron chi connectivity index (χ2n) is 4.43. The average molecular weight is 202 g/mol. The third-order valence-corrected chi connectivity index (χ3v) is 2.88. The molecule has 0 aromatic heterocycles. The van der Waals surface area contributed by atoms with Crippen molar-refractivity contribution in [2.75, 3.05) is 6.61 Å². The molecule has 3 aliphatic heterocycles. The zero-order valence-corrected chi connectivity index (χ0v) is 8.17. The van der Waals surface area contributed by atoms with Gasteiger partial charge in [0, 0.05) is 0 Å². The molecular formula is C9H14O5. The van der Waals surface area contributed by atoms with Crippen molar-refractivity contribution in [1.29, 1.82) is 0 Å². The summed E-state index contributed by atoms with van der Waals surface area (Å²) in [5.74, 6) is -0.635. The van der Waals surface area contributed by atoms with Gasteiger partial charge in [-0.15, -0.1) is 0 Å². The smallest absolute Gasteiger partial charge is 0.186 e. The molecular weight excluding hydrogens is 188 g/mol. The summed E-state index contributed by atoms with van der Waals surface area (Å²) in [6, 6.07) is 0. The van der Waals surface area contributed by atoms with Crippen molar-refractivity contribution in [3.05, 3.63) is 0 Å². The van der Waals surface area contributed by atoms with Gasteiger partial charge in [0.2, 0.25) is 0 Å². The van der Waals surface area contributed by atoms with Crippen molar-refractivity contribution in [3.63, 3.8) is 0 Å². The summed E-state index contributed by atoms with van der Waals surface area (Å²) >= 11 is 0. The Balaban J connectivity index is 1.88. The number of aliphatic hydroxyl groups excluding tert-OH is 1. The van der Waals surface area contributed by atoms with Crippen LogP contribution in [0.15, 0.2) is 0 Å². The molecule has 0 spiro atoms. The Morgan fingerprint density at radius 2 is 1.93 bits per heavy atom. The van der Waals surface area contributed by atoms with Crippen LogP contribution >= 0.6 is 0 Å². The van der Waals surface area contributed by atoms with Gasteiger partial charge in [0.1, 0.15) is 24.4 Å². The van der Waals surface area contributed by atoms with E-state index in [1.54, 1.807) is 0 Å². The normalized spacial score (nSPS) is 54.6. The van der Waals surface area contributed by atoms with Gasteiger partial charge in [-0.2, -0.15) is 0 Å². The molecule has 2 bridgehead atoms. The van der Waals surface area contributed by atoms with Gasteiger partial charge in [-0.25, -0.2) is 0 Å². The van der Waals surface area contributed by atoms with E-state index in [0.29, 0.717) is 6.61 Å². The maximum Gasteiger partial charge on any atom is 0.186 e. The van der Waals surface area contributed by atoms with Crippen LogP contribution in [0.2, 0.25) is 0 Å². The van der Waals surface area contributed by atoms with E-state index in [1.165, 1.54) is 0 Å². The minimum atomic E-state index is -0.750. The molecule has 2 unspecified atom stereocenters. The van der Waals surface area contributed by atoms with E-state index >= 15 is 0 Å². The minimum Gasteiger partial charge on any atom is -0.385 e. The molecule has 3 rings (SSSR count). The molecule has 80 valence electrons. The topological polar surface area (TPSA) is 57.2 Å². The van der Waals surface area contributed by atoms with E-state index in [0.717, 1.165) is 0 Å². The van der Waals surface area contributed by atoms with Crippen LogP contribution in [0.25, 0.3) is 0 Å². The molecule has 14 heavy (non-hydrogen) atoms. The number of hydrogen-bond donors (Lipinski definition) is 1. The Morgan fingerprint density at radius 1 is 1.21 bits per heavy atom. The predicted octanol–water partition coefficient (Wildman–Crippen LogP) is -0.378. The molecule has 3 saturated heterocycles. The highest BCUT2D eigenvalue weighted by Crippen LogP contribution is 2.40. The fourth-order valence-electron chi connectivity index (χ4n) is 2.32. The third-order valence-electron chi connectivity index (χ3n) is 2.88. The standard InChI is InChI=1S/C9H14O5/c1-9(2)13-6-4-3-11-8(12-4)5(10)7(6)14-9/h4-8,10H,3H2,1-2H3/t4?,5-,6-,7+,8?/m0/s1. The first kappa shape index (κ1) is 9.06. The summed E-state index contributed by atoms with van der Waals surface area (Å²) in [7, 11) is 0. The fraction of sp³-hybridized carbons (Fsp3) is 1.00. The number of aliphatic hydroxyl groups is 1. The Kier molecular flexibility index (Phi) is 1.73. The monoisotopic (exact) mass is 202 g/mol. The van der Waals surface area contributed by atoms with Crippen molar-refractivity contribution < 1.29 is 24.1 Å². The van der Waals surface area contributed by atoms with Crippen LogP contribution in [-0.4, -0.2) is 48.2 Å². The van der Waals surface area contributed by atoms with E-state index in [9.17, 15) is 5.11 Å². The molecule has 3 fully saturated rings. The SMILES string of the molecule is CC1(C)O[C@@H]2[C@H](O)C3OCC(O3)[C@@H]2O1. The van der Waals surface area contributed by atoms with Crippen LogP contribution in [0, 0.1) is 0 Å². The molecule has 0 radical (unpaired) electrons. The highest BCUT2D eigenvalue weighted by molar-refractivity contribution is 4.99. The predicted molar refractivity (Wildman–Crippen MR) is 44.4 cm³/mol. The molecule has 3 heterocycles. The Hall–Kier alpha value is -0.200. The summed E-state index contributed by atoms with van der Waals surface area (Å²) in [6.45, 7) is 4.15. The Labute approximate surface area is 81.9 Å². The molecule has 0 saturated carbocycles. The van der Waals surface area contributed by atoms with Crippen LogP contribution in [-0.2, 0) is 18.9 Å². The van der Waals surface area contributed by atoms with Gasteiger partial charge in [-0.1, -0.05) is 0 Å². The Bertz CT molecular complexity index is 246. The fourth-order valence-corrected chi connectivity index (χ4v) is 2.32. The van der Waals surface area contributed by atoms with Gasteiger partial charge < -0.3 is 24.1 Å². The molecule has 3 aliphatic rings. The van der Waals surface area contributed by atoms with Gasteiger partial charge in [0.15, 0.2) is 12.1 Å². The van der Waals surface area contributed by atoms with Crippen molar-refractivity contribution >= 4 is 0 Å². The van der Waals surface area contributed by atoms with Gasteiger partial charge in [0.05, 0.1) is 6.61 Å². The summed E-state index contributed by atoms with van der Waals surface area (Å²) in [4.78, 5) is 0. The van der Waals surface area contributed by atoms with Crippen LogP contribution in [0.3, 0.4) is 0 Å². The summed E-state index contributed by atoms with van der Waals surface area (Å²) in [5.41, 5.74) is 0. The molecule has 0 aliphatic carbocycles. The molecule has 5 heteroatoms. The van der Waals surface area contributed by atoms with Crippen molar-refractivity contribution in [2.24, 2.45) is 0 Å². The average Bonchev–Trinajstić information content (AvgIpc) is 2.64. The van der Waals surface area contributed by atoms with E-state index in [1.807, 2.05) is 13.8 Å². The van der Waals surface area contributed by atoms with E-state index in [4.69, 9.17) is 18.9 Å². The minimum absolute atomic E-state index is 0.102. The molecule has 0 aromatic carbocycles. The largest absolute Gasteiger partial charge is 0.385 e. The van der Waals surface area contributed by atoms with Gasteiger partial charge >= 0.3 is 0 Å². The van der Waals surface area contributed by atoms with E-state index in [2.05, 4.69) is 0 Å². The summed E-state index contributed by atoms with van der Waals surface area (Å²) in [5, 5.41) is 9.84.